The van der Waals surface area contributed by atoms with Gasteiger partial charge in [-0.1, -0.05) is 48.5 Å². The van der Waals surface area contributed by atoms with Gasteiger partial charge in [-0.2, -0.15) is 0 Å². The van der Waals surface area contributed by atoms with E-state index in [1.54, 1.807) is 56.9 Å². The number of rotatable bonds is 25. The predicted molar refractivity (Wildman–Crippen MR) is 507 cm³/mol. The zero-order chi connectivity index (χ0) is 86.2. The van der Waals surface area contributed by atoms with Crippen molar-refractivity contribution in [2.75, 3.05) is 83.6 Å². The van der Waals surface area contributed by atoms with Gasteiger partial charge >= 0.3 is 5.97 Å². The maximum absolute atomic E-state index is 14.1. The Morgan fingerprint density at radius 3 is 0.643 bits per heavy atom. The van der Waals surface area contributed by atoms with Gasteiger partial charge in [0, 0.05) is 107 Å². The van der Waals surface area contributed by atoms with Crippen LogP contribution in [0, 0.1) is 6.57 Å². The molecule has 0 aliphatic heterocycles. The summed E-state index contributed by atoms with van der Waals surface area (Å²) in [6.45, 7) is 8.66. The Hall–Kier alpha value is -16.6. The first-order chi connectivity index (χ1) is 61.9. The van der Waals surface area contributed by atoms with Crippen LogP contribution in [0.1, 0.15) is 11.1 Å². The predicted octanol–water partition coefficient (Wildman–Crippen LogP) is 27.0. The van der Waals surface area contributed by atoms with E-state index in [-0.39, 0.29) is 5.70 Å². The molecule has 0 amide bonds. The Kier molecular flexibility index (Phi) is 21.2. The van der Waals surface area contributed by atoms with Crippen LogP contribution in [0.3, 0.4) is 0 Å². The molecule has 0 N–H and O–H groups in total. The Bertz CT molecular complexity index is 6300. The minimum absolute atomic E-state index is 0.104. The minimum atomic E-state index is -0.717. The molecule has 1 aliphatic rings. The zero-order valence-corrected chi connectivity index (χ0v) is 70.7. The summed E-state index contributed by atoms with van der Waals surface area (Å²) >= 11 is 0. The molecular formula is C109H85N7O10. The smallest absolute Gasteiger partial charge is 0.336 e. The number of esters is 1. The van der Waals surface area contributed by atoms with Gasteiger partial charge in [0.25, 0.3) is 5.70 Å². The monoisotopic (exact) mass is 1650 g/mol. The average molecular weight is 1650 g/mol. The number of benzene rings is 16. The van der Waals surface area contributed by atoms with E-state index in [9.17, 15) is 4.79 Å². The first-order valence-corrected chi connectivity index (χ1v) is 41.1. The number of ether oxygens (including phenoxy) is 9. The fourth-order valence-electron chi connectivity index (χ4n) is 17.4. The Morgan fingerprint density at radius 2 is 0.444 bits per heavy atom. The van der Waals surface area contributed by atoms with Crippen molar-refractivity contribution in [3.63, 3.8) is 0 Å². The van der Waals surface area contributed by atoms with Crippen molar-refractivity contribution >= 4 is 123 Å². The van der Waals surface area contributed by atoms with Crippen LogP contribution in [0.4, 0.5) is 68.2 Å². The minimum Gasteiger partial charge on any atom is -0.497 e. The van der Waals surface area contributed by atoms with Crippen LogP contribution in [0.2, 0.25) is 0 Å². The molecule has 0 bridgehead atoms. The van der Waals surface area contributed by atoms with E-state index in [4.69, 9.17) is 49.2 Å². The molecule has 1 aliphatic carbocycles. The van der Waals surface area contributed by atoms with E-state index in [1.165, 1.54) is 7.11 Å². The van der Waals surface area contributed by atoms with Crippen molar-refractivity contribution in [2.24, 2.45) is 0 Å². The number of carbonyl (C=O) groups excluding carboxylic acids is 1. The maximum atomic E-state index is 14.1. The molecule has 0 spiro atoms. The van der Waals surface area contributed by atoms with E-state index in [0.717, 1.165) is 214 Å². The number of methoxy groups -OCH3 is 9. The number of fused-ring (bicyclic) bond motifs is 9. The van der Waals surface area contributed by atoms with E-state index in [2.05, 4.69) is 288 Å². The van der Waals surface area contributed by atoms with Crippen molar-refractivity contribution in [1.29, 1.82) is 0 Å². The molecule has 616 valence electrons. The van der Waals surface area contributed by atoms with Crippen molar-refractivity contribution in [2.45, 2.75) is 0 Å². The molecule has 0 unspecified atom stereocenters. The molecular weight excluding hydrogens is 1570 g/mol. The van der Waals surface area contributed by atoms with Gasteiger partial charge in [0.15, 0.2) is 0 Å². The van der Waals surface area contributed by atoms with Gasteiger partial charge in [0.2, 0.25) is 0 Å². The highest BCUT2D eigenvalue weighted by molar-refractivity contribution is 6.15. The fraction of sp³-hybridized carbons (Fsp3) is 0.0826. The lowest BCUT2D eigenvalue weighted by atomic mass is 9.96. The number of carbonyl (C=O) groups is 1. The van der Waals surface area contributed by atoms with Gasteiger partial charge in [-0.25, -0.2) is 4.85 Å². The Labute approximate surface area is 730 Å². The molecule has 0 atom stereocenters. The molecule has 0 fully saturated rings. The number of hydrogen-bond acceptors (Lipinski definition) is 14. The van der Waals surface area contributed by atoms with E-state index in [0.29, 0.717) is 5.57 Å². The highest BCUT2D eigenvalue weighted by Gasteiger charge is 2.32. The van der Waals surface area contributed by atoms with E-state index < -0.39 is 5.97 Å². The number of hydrogen-bond donors (Lipinski definition) is 0. The largest absolute Gasteiger partial charge is 0.497 e. The van der Waals surface area contributed by atoms with Gasteiger partial charge in [-0.15, -0.1) is 0 Å². The van der Waals surface area contributed by atoms with Gasteiger partial charge in [-0.3, -0.25) is 4.79 Å². The molecule has 16 aromatic carbocycles. The summed E-state index contributed by atoms with van der Waals surface area (Å²) in [6, 6.07) is 121. The first-order valence-electron chi connectivity index (χ1n) is 41.1. The highest BCUT2D eigenvalue weighted by atomic mass is 16.5. The summed E-state index contributed by atoms with van der Waals surface area (Å²) in [6.07, 6.45) is 0. The van der Waals surface area contributed by atoms with Crippen LogP contribution in [0.25, 0.3) is 98.8 Å². The van der Waals surface area contributed by atoms with Crippen LogP contribution in [-0.4, -0.2) is 79.1 Å². The SMILES string of the molecule is [C-]#[N+]C(C(=O)OC)=C1c2cc(-c3ccc(-n4c5ccc(N(c6ccc(OC)cc6)c6ccc(OC)cc6)cc5c5cc(N(c6ccc(OC)cc6)c6ccc(OC)cc6)ccc54)cc3)ccc2-c2ccc(-c3ccc(-n4c5ccc(N(c6ccc(OC)cc6)c6ccc(OC)cc6)cc5c5cc(N(c6ccc(OC)cc6)c6ccc(OC)cc6)ccc54)cc3)cc21. The molecule has 17 heteroatoms. The quantitative estimate of drug-likeness (QED) is 0.0306. The normalized spacial score (nSPS) is 11.4. The standard InChI is InChI=1S/C109H85N7O10/c1-110-108(109(117)126-10)107-101-63-71(69-11-17-81(18-12-69)115-103-59-37-83(111(73-21-41-87(118-2)42-22-73)74-23-43-88(119-3)44-24-74)65-97(103)98-66-84(38-60-104(98)115)112(75-25-45-89(120-4)46-26-75)76-27-47-90(121-5)48-28-76)15-57-95(101)96-58-16-72(64-102(96)107)70-13-19-82(20-14-70)116-105-61-39-85(113(77-29-49-91(122-6)50-30-77)78-31-51-92(123-7)52-32-78)67-99(105)100-68-86(40-62-106(100)116)114(79-33-53-93(124-8)54-34-79)80-35-55-94(125-9)56-36-80/h11-68H,2-10H3. The topological polar surface area (TPSA) is 127 Å². The third-order valence-corrected chi connectivity index (χ3v) is 23.7. The van der Waals surface area contributed by atoms with Crippen molar-refractivity contribution in [1.82, 2.24) is 9.13 Å². The molecule has 0 saturated heterocycles. The summed E-state index contributed by atoms with van der Waals surface area (Å²) in [4.78, 5) is 27.0. The molecule has 126 heavy (non-hydrogen) atoms. The number of anilines is 12. The molecule has 2 heterocycles. The van der Waals surface area contributed by atoms with Crippen LogP contribution in [0.15, 0.2) is 358 Å². The summed E-state index contributed by atoms with van der Waals surface area (Å²) in [5.74, 6) is 5.30. The van der Waals surface area contributed by atoms with Gasteiger partial charge in [-0.05, 0) is 348 Å². The summed E-state index contributed by atoms with van der Waals surface area (Å²) in [7, 11) is 14.7. The van der Waals surface area contributed by atoms with Gasteiger partial charge < -0.3 is 71.4 Å². The summed E-state index contributed by atoms with van der Waals surface area (Å²) in [5, 5.41) is 4.09. The summed E-state index contributed by atoms with van der Waals surface area (Å²) in [5.41, 5.74) is 24.5. The fourth-order valence-corrected chi connectivity index (χ4v) is 17.4. The second-order valence-electron chi connectivity index (χ2n) is 30.3. The van der Waals surface area contributed by atoms with Crippen LogP contribution >= 0.6 is 0 Å². The second kappa shape index (κ2) is 33.8. The number of nitrogens with zero attached hydrogens (tertiary/aromatic N) is 7. The maximum Gasteiger partial charge on any atom is 0.336 e. The lowest BCUT2D eigenvalue weighted by Crippen LogP contribution is -2.10. The van der Waals surface area contributed by atoms with Gasteiger partial charge in [0.1, 0.15) is 46.0 Å². The Morgan fingerprint density at radius 1 is 0.238 bits per heavy atom. The average Bonchev–Trinajstić information content (AvgIpc) is 1.59. The molecule has 2 aromatic heterocycles. The zero-order valence-electron chi connectivity index (χ0n) is 70.7. The molecule has 0 saturated carbocycles. The molecule has 0 radical (unpaired) electrons. The van der Waals surface area contributed by atoms with E-state index >= 15 is 0 Å². The lowest BCUT2D eigenvalue weighted by molar-refractivity contribution is -0.135. The van der Waals surface area contributed by atoms with Crippen molar-refractivity contribution < 1.29 is 47.4 Å². The third kappa shape index (κ3) is 14.5. The second-order valence-corrected chi connectivity index (χ2v) is 30.3. The first kappa shape index (κ1) is 79.2. The molecule has 19 rings (SSSR count). The lowest BCUT2D eigenvalue weighted by Gasteiger charge is -2.26. The van der Waals surface area contributed by atoms with Crippen LogP contribution in [0.5, 0.6) is 46.0 Å². The van der Waals surface area contributed by atoms with Crippen molar-refractivity contribution in [3.8, 4) is 90.8 Å². The van der Waals surface area contributed by atoms with E-state index in [1.807, 2.05) is 97.1 Å². The van der Waals surface area contributed by atoms with Crippen LogP contribution in [-0.2, 0) is 9.53 Å². The molecule has 17 nitrogen and oxygen atoms in total. The summed E-state index contributed by atoms with van der Waals surface area (Å²) < 4.78 is 55.3. The van der Waals surface area contributed by atoms with Crippen molar-refractivity contribution in [3.05, 3.63) is 380 Å². The highest BCUT2D eigenvalue weighted by Crippen LogP contribution is 2.52. The number of aromatic nitrogens is 2. The third-order valence-electron chi connectivity index (χ3n) is 23.7. The van der Waals surface area contributed by atoms with Crippen LogP contribution < -0.4 is 57.5 Å². The molecule has 18 aromatic rings. The Balaban J connectivity index is 0.693. The van der Waals surface area contributed by atoms with Gasteiger partial charge in [0.05, 0.1) is 92.6 Å².